The standard InChI is InChI=1S/C24H31FN4O4.C19H21ClFN3O2.C19H21FN6O2.C17H20FN3O.C16H19FN2O2.C6H10ClNO.C2H2Cl2O.2ClH/c1-24(2,3)33-22(31)26-13-20(30)19-15-28-9-10-29(23(32)27-7-5-4-6-8-27)14-16-11-17(25)12-18(19)21(16)28;20-10-17(25)16-12-23-6-7-24(19(26)22-4-2-1-3-5-22)11-13-8-14(21)9-15(16)18(13)23;20-14-8-13-11-26(19(28)24-4-2-1-3-5-24)7-6-25-12-16(15(9-14)18(13)25)17(27)10-22-23-21;18-15-10-13-4-7-19-8-9-21(12-14(11-15)16(13)19)17(22)20-5-2-1-3-6-20;1-16(2,3)21-15(20)19-7-6-18-5-4-11-8-13(17)9-12(10-19)14(11)18;7-6(9)8-4-2-1-3-5-8;3-1-2(4)5;;/h11-12,15H,4-10,13-14H2,1-3H3,(H,26,31);8-9,12H,1-7,10-11H2;8-9,12H,1-7,10-11H2;4,7,10-11H,1-3,5-6,8-9,12H2;4-5,8-9H,6-7,10H2,1-3H3;1-5H2;1H2;2*1H. The van der Waals surface area contributed by atoms with Gasteiger partial charge in [0.15, 0.2) is 17.3 Å². The first-order valence-corrected chi connectivity index (χ1v) is 51.2. The number of amides is 11. The largest absolute Gasteiger partial charge is 0.444 e. The molecule has 0 bridgehead atoms. The van der Waals surface area contributed by atoms with Crippen molar-refractivity contribution in [1.29, 1.82) is 0 Å². The Hall–Kier alpha value is -11.7. The van der Waals surface area contributed by atoms with Crippen LogP contribution in [0.15, 0.2) is 109 Å². The van der Waals surface area contributed by atoms with Crippen molar-refractivity contribution in [2.75, 3.05) is 123 Å². The number of piperidine rings is 5. The second-order valence-corrected chi connectivity index (χ2v) is 40.7. The van der Waals surface area contributed by atoms with Crippen molar-refractivity contribution in [3.63, 3.8) is 0 Å². The summed E-state index contributed by atoms with van der Waals surface area (Å²) in [7, 11) is 0. The van der Waals surface area contributed by atoms with Gasteiger partial charge in [-0.05, 0) is 267 Å². The lowest BCUT2D eigenvalue weighted by molar-refractivity contribution is -0.109. The molecule has 10 aliphatic rings. The van der Waals surface area contributed by atoms with Gasteiger partial charge in [0.1, 0.15) is 40.3 Å². The number of benzene rings is 5. The van der Waals surface area contributed by atoms with Crippen LogP contribution in [0.1, 0.15) is 197 Å². The number of nitrogens with zero attached hydrogens (tertiary/aromatic N) is 18. The number of carbonyl (C=O) groups excluding carboxylic acids is 11. The molecule has 5 fully saturated rings. The van der Waals surface area contributed by atoms with Gasteiger partial charge in [-0.25, -0.2) is 50.7 Å². The van der Waals surface area contributed by atoms with Crippen LogP contribution in [0.3, 0.4) is 0 Å². The van der Waals surface area contributed by atoms with Gasteiger partial charge in [0.2, 0.25) is 5.24 Å². The van der Waals surface area contributed by atoms with Gasteiger partial charge in [-0.15, -0.1) is 48.0 Å². The zero-order valence-corrected chi connectivity index (χ0v) is 87.7. The minimum absolute atomic E-state index is 0. The second kappa shape index (κ2) is 51.3. The Kier molecular flexibility index (Phi) is 39.7. The Morgan fingerprint density at radius 1 is 0.356 bits per heavy atom. The average Bonchev–Trinajstić information content (AvgIpc) is 1.60. The summed E-state index contributed by atoms with van der Waals surface area (Å²) in [5, 5.41) is 8.36. The van der Waals surface area contributed by atoms with E-state index in [9.17, 15) is 74.7 Å². The minimum Gasteiger partial charge on any atom is -0.444 e. The summed E-state index contributed by atoms with van der Waals surface area (Å²) < 4.78 is 91.1. The second-order valence-electron chi connectivity index (χ2n) is 39.5. The predicted octanol–water partition coefficient (Wildman–Crippen LogP) is 21.6. The molecule has 0 unspecified atom stereocenters. The molecule has 15 heterocycles. The number of azide groups is 1. The Labute approximate surface area is 876 Å². The number of likely N-dealkylation sites (tertiary alicyclic amines) is 5. The minimum atomic E-state index is -0.681. The van der Waals surface area contributed by atoms with Crippen LogP contribution in [-0.2, 0) is 79.7 Å². The van der Waals surface area contributed by atoms with Crippen molar-refractivity contribution < 1.29 is 84.2 Å². The number of rotatable bonds is 9. The number of aromatic nitrogens is 5. The first-order valence-electron chi connectivity index (χ1n) is 49.4. The molecule has 0 saturated carbocycles. The summed E-state index contributed by atoms with van der Waals surface area (Å²) >= 11 is 20.5. The first-order chi connectivity index (χ1) is 68.9. The number of carbonyl (C=O) groups is 11. The van der Waals surface area contributed by atoms with E-state index in [1.54, 1.807) is 76.0 Å². The molecule has 43 heteroatoms. The van der Waals surface area contributed by atoms with E-state index in [1.165, 1.54) is 61.4 Å². The van der Waals surface area contributed by atoms with Gasteiger partial charge < -0.3 is 86.6 Å². The number of urea groups is 4. The van der Waals surface area contributed by atoms with Gasteiger partial charge in [0.05, 0.1) is 59.0 Å². The molecule has 1 N–H and O–H groups in total. The van der Waals surface area contributed by atoms with Gasteiger partial charge in [0.25, 0.3) is 0 Å². The highest BCUT2D eigenvalue weighted by molar-refractivity contribution is 6.67. The highest BCUT2D eigenvalue weighted by Gasteiger charge is 2.36. The fraction of sp³-hybridized carbons (Fsp3) is 0.505. The van der Waals surface area contributed by atoms with Crippen LogP contribution in [0.5, 0.6) is 0 Å². The molecule has 11 amide bonds. The Morgan fingerprint density at radius 2 is 0.644 bits per heavy atom. The highest BCUT2D eigenvalue weighted by Crippen LogP contribution is 2.37. The van der Waals surface area contributed by atoms with Gasteiger partial charge in [-0.1, -0.05) is 5.11 Å². The zero-order chi connectivity index (χ0) is 103. The third-order valence-corrected chi connectivity index (χ3v) is 27.8. The first kappa shape index (κ1) is 113. The molecule has 0 aliphatic carbocycles. The Bertz CT molecular complexity index is 6480. The zero-order valence-electron chi connectivity index (χ0n) is 83.0. The maximum Gasteiger partial charge on any atom is 0.410 e. The van der Waals surface area contributed by atoms with Gasteiger partial charge in [0, 0.05) is 237 Å². The topological polar surface area (TPSA) is 324 Å². The maximum atomic E-state index is 14.6. The molecule has 0 spiro atoms. The lowest BCUT2D eigenvalue weighted by atomic mass is 10.1. The fourth-order valence-electron chi connectivity index (χ4n) is 20.2. The van der Waals surface area contributed by atoms with E-state index in [2.05, 4.69) is 24.5 Å². The van der Waals surface area contributed by atoms with E-state index in [4.69, 9.17) is 61.4 Å². The highest BCUT2D eigenvalue weighted by atomic mass is 35.5. The summed E-state index contributed by atoms with van der Waals surface area (Å²) in [6.07, 6.45) is 24.4. The molecule has 0 radical (unpaired) electrons. The average molecular weight is 2150 g/mol. The van der Waals surface area contributed by atoms with Gasteiger partial charge in [-0.2, -0.15) is 0 Å². The smallest absolute Gasteiger partial charge is 0.410 e. The van der Waals surface area contributed by atoms with E-state index in [0.29, 0.717) is 129 Å². The van der Waals surface area contributed by atoms with Crippen molar-refractivity contribution >= 4 is 190 Å². The summed E-state index contributed by atoms with van der Waals surface area (Å²) in [4.78, 5) is 154. The van der Waals surface area contributed by atoms with Crippen LogP contribution in [0.25, 0.3) is 65.0 Å². The van der Waals surface area contributed by atoms with E-state index >= 15 is 0 Å². The lowest BCUT2D eigenvalue weighted by Gasteiger charge is -2.32. The summed E-state index contributed by atoms with van der Waals surface area (Å²) in [5.41, 5.74) is 16.6. The number of alkyl carbamates (subject to hydrolysis) is 1. The monoisotopic (exact) mass is 2140 g/mol. The predicted molar refractivity (Wildman–Crippen MR) is 556 cm³/mol. The molecule has 5 saturated heterocycles. The molecule has 0 atom stereocenters. The number of alkyl halides is 2. The van der Waals surface area contributed by atoms with Crippen molar-refractivity contribution in [3.8, 4) is 0 Å². The number of ketones is 3. The fourth-order valence-corrected chi connectivity index (χ4v) is 20.5. The van der Waals surface area contributed by atoms with E-state index in [1.807, 2.05) is 83.5 Å². The number of halogens is 11. The van der Waals surface area contributed by atoms with E-state index in [-0.39, 0.29) is 121 Å². The normalized spacial score (nSPS) is 16.5. The Morgan fingerprint density at radius 3 is 0.945 bits per heavy atom. The van der Waals surface area contributed by atoms with Crippen LogP contribution in [0.4, 0.5) is 55.5 Å². The third kappa shape index (κ3) is 28.6. The van der Waals surface area contributed by atoms with Crippen LogP contribution in [0.2, 0.25) is 0 Å². The quantitative estimate of drug-likeness (QED) is 0.0205. The summed E-state index contributed by atoms with van der Waals surface area (Å²) in [5.74, 6) is -2.94. The molecule has 20 rings (SSSR count). The molecule has 32 nitrogen and oxygen atoms in total. The number of ether oxygens (including phenoxy) is 2. The van der Waals surface area contributed by atoms with Crippen LogP contribution in [0, 0.1) is 29.1 Å². The van der Waals surface area contributed by atoms with Crippen molar-refractivity contribution in [3.05, 3.63) is 188 Å². The summed E-state index contributed by atoms with van der Waals surface area (Å²) in [6, 6.07) is 18.5. The number of Topliss-reactive ketones (excluding diaryl/α,β-unsaturated/α-hetero) is 3. The Balaban J connectivity index is 0.000000157. The SMILES string of the molecule is CC(C)(C)OC(=O)N1CCn2ccc3cc(F)cc(c32)C1.CC(C)(C)OC(=O)NCC(=O)c1cn2c3c(cc(F)cc13)CN(C(=O)N1CCCCC1)CC2.Cl.Cl.O=C(CCl)c1cn2c3c(cc(F)cc13)CN(C(=O)N1CCCCC1)CC2.O=C(Cl)CCl.O=C(Cl)N1CCCCC1.O=C(N1CCCCC1)N1CCn2ccc3cc(F)cc(c32)C1.[N-]=[N+]=NCC(=O)c1cn2c3c(cc(F)cc13)CN(C(=O)N1CCCCC1)CC2. The maximum absolute atomic E-state index is 14.6. The van der Waals surface area contributed by atoms with E-state index < -0.39 is 40.0 Å². The molecule has 5 aromatic carbocycles. The molecule has 5 aromatic heterocycles. The molecular formula is C103H126Cl6F5N19O13. The van der Waals surface area contributed by atoms with Crippen molar-refractivity contribution in [2.45, 2.75) is 215 Å². The van der Waals surface area contributed by atoms with Crippen molar-refractivity contribution in [2.24, 2.45) is 5.11 Å². The van der Waals surface area contributed by atoms with Crippen molar-refractivity contribution in [1.82, 2.24) is 77.2 Å². The van der Waals surface area contributed by atoms with Crippen LogP contribution in [-0.4, -0.2) is 270 Å². The number of nitrogens with one attached hydrogen (secondary N) is 1. The molecule has 10 aromatic rings. The molecule has 788 valence electrons. The molecule has 10 aliphatic heterocycles. The van der Waals surface area contributed by atoms with Crippen LogP contribution >= 0.6 is 71.2 Å². The van der Waals surface area contributed by atoms with Gasteiger partial charge in [-0.3, -0.25) is 24.0 Å². The number of hydrogen-bond donors (Lipinski definition) is 1. The van der Waals surface area contributed by atoms with Gasteiger partial charge >= 0.3 is 41.7 Å². The molecule has 146 heavy (non-hydrogen) atoms. The number of hydrogen-bond acceptors (Lipinski definition) is 14. The summed E-state index contributed by atoms with van der Waals surface area (Å²) in [6.45, 7) is 25.7. The molecular weight excluding hydrogens is 2020 g/mol. The third-order valence-electron chi connectivity index (χ3n) is 26.8. The van der Waals surface area contributed by atoms with E-state index in [0.717, 1.165) is 211 Å². The van der Waals surface area contributed by atoms with Crippen LogP contribution < -0.4 is 5.32 Å². The lowest BCUT2D eigenvalue weighted by Crippen LogP contribution is -2.45.